The van der Waals surface area contributed by atoms with Crippen molar-refractivity contribution in [3.05, 3.63) is 50.7 Å². The molecular weight excluding hydrogens is 422 g/mol. The molecule has 0 fully saturated rings. The number of hydrogen-bond acceptors (Lipinski definition) is 8. The average Bonchev–Trinajstić information content (AvgIpc) is 2.72. The molecule has 1 aromatic rings. The molecule has 0 aliphatic carbocycles. The standard InChI is InChI=1S/C21H32ClN5O4/c1-5-26(12-17-8-9-19(22)23-11-17)21-18(27(29)30)13-25(15-24(21)4)10-6-7-20(28)31-14-16(2)3/h8-9,11,16H,5-7,10,12-15H2,1-4H3. The molecule has 0 amide bonds. The highest BCUT2D eigenvalue weighted by atomic mass is 35.5. The molecule has 172 valence electrons. The minimum Gasteiger partial charge on any atom is -0.465 e. The first-order valence-electron chi connectivity index (χ1n) is 10.5. The summed E-state index contributed by atoms with van der Waals surface area (Å²) in [5.74, 6) is 0.685. The maximum Gasteiger partial charge on any atom is 0.305 e. The van der Waals surface area contributed by atoms with E-state index in [1.807, 2.05) is 48.6 Å². The molecule has 0 spiro atoms. The molecule has 0 saturated carbocycles. The predicted molar refractivity (Wildman–Crippen MR) is 119 cm³/mol. The van der Waals surface area contributed by atoms with Gasteiger partial charge < -0.3 is 14.5 Å². The zero-order chi connectivity index (χ0) is 23.0. The Hall–Kier alpha value is -2.39. The summed E-state index contributed by atoms with van der Waals surface area (Å²) in [5, 5.41) is 12.3. The van der Waals surface area contributed by atoms with E-state index in [9.17, 15) is 14.9 Å². The van der Waals surface area contributed by atoms with E-state index in [1.54, 1.807) is 12.3 Å². The number of carbonyl (C=O) groups is 1. The lowest BCUT2D eigenvalue weighted by Gasteiger charge is -2.39. The minimum atomic E-state index is -0.308. The van der Waals surface area contributed by atoms with Gasteiger partial charge in [0.15, 0.2) is 5.82 Å². The van der Waals surface area contributed by atoms with Gasteiger partial charge in [0.05, 0.1) is 24.7 Å². The van der Waals surface area contributed by atoms with Gasteiger partial charge in [-0.3, -0.25) is 19.8 Å². The molecule has 0 aromatic carbocycles. The van der Waals surface area contributed by atoms with E-state index < -0.39 is 0 Å². The quantitative estimate of drug-likeness (QED) is 0.218. The van der Waals surface area contributed by atoms with Gasteiger partial charge in [0, 0.05) is 39.3 Å². The van der Waals surface area contributed by atoms with Crippen LogP contribution in [0, 0.1) is 16.0 Å². The van der Waals surface area contributed by atoms with Crippen LogP contribution in [0.5, 0.6) is 0 Å². The van der Waals surface area contributed by atoms with Crippen LogP contribution in [0.25, 0.3) is 0 Å². The van der Waals surface area contributed by atoms with Crippen molar-refractivity contribution >= 4 is 17.6 Å². The second-order valence-electron chi connectivity index (χ2n) is 8.10. The van der Waals surface area contributed by atoms with Crippen LogP contribution in [0.3, 0.4) is 0 Å². The van der Waals surface area contributed by atoms with Crippen molar-refractivity contribution in [2.24, 2.45) is 5.92 Å². The molecular formula is C21H32ClN5O4. The van der Waals surface area contributed by atoms with Crippen molar-refractivity contribution in [2.75, 3.05) is 40.0 Å². The second-order valence-corrected chi connectivity index (χ2v) is 8.49. The summed E-state index contributed by atoms with van der Waals surface area (Å²) in [6, 6.07) is 3.59. The molecule has 1 aliphatic heterocycles. The Balaban J connectivity index is 2.04. The number of nitro groups is 1. The zero-order valence-electron chi connectivity index (χ0n) is 18.7. The summed E-state index contributed by atoms with van der Waals surface area (Å²) in [6.45, 7) is 8.83. The molecule has 0 unspecified atom stereocenters. The van der Waals surface area contributed by atoms with Crippen molar-refractivity contribution in [1.29, 1.82) is 0 Å². The van der Waals surface area contributed by atoms with E-state index in [1.165, 1.54) is 0 Å². The summed E-state index contributed by atoms with van der Waals surface area (Å²) >= 11 is 5.86. The molecule has 0 radical (unpaired) electrons. The molecule has 9 nitrogen and oxygen atoms in total. The average molecular weight is 454 g/mol. The molecule has 10 heteroatoms. The third-order valence-corrected chi connectivity index (χ3v) is 5.13. The van der Waals surface area contributed by atoms with E-state index in [0.717, 1.165) is 5.56 Å². The van der Waals surface area contributed by atoms with E-state index in [4.69, 9.17) is 16.3 Å². The van der Waals surface area contributed by atoms with Crippen molar-refractivity contribution in [3.63, 3.8) is 0 Å². The fraction of sp³-hybridized carbons (Fsp3) is 0.619. The maximum absolute atomic E-state index is 11.9. The SMILES string of the molecule is CCN(Cc1ccc(Cl)nc1)C1=C([N+](=O)[O-])CN(CCCC(=O)OCC(C)C)CN1C. The van der Waals surface area contributed by atoms with Crippen LogP contribution >= 0.6 is 11.6 Å². The van der Waals surface area contributed by atoms with E-state index >= 15 is 0 Å². The molecule has 0 N–H and O–H groups in total. The van der Waals surface area contributed by atoms with Gasteiger partial charge in [-0.1, -0.05) is 31.5 Å². The molecule has 1 aliphatic rings. The first-order valence-corrected chi connectivity index (χ1v) is 10.9. The Kier molecular flexibility index (Phi) is 9.51. The maximum atomic E-state index is 11.9. The Bertz CT molecular complexity index is 784. The number of hydrogen-bond donors (Lipinski definition) is 0. The van der Waals surface area contributed by atoms with Crippen molar-refractivity contribution in [2.45, 2.75) is 40.2 Å². The van der Waals surface area contributed by atoms with Gasteiger partial charge in [-0.25, -0.2) is 4.98 Å². The lowest BCUT2D eigenvalue weighted by Crippen LogP contribution is -2.48. The Labute approximate surface area is 188 Å². The third-order valence-electron chi connectivity index (χ3n) is 4.90. The molecule has 0 atom stereocenters. The van der Waals surface area contributed by atoms with Crippen LogP contribution in [0.4, 0.5) is 0 Å². The monoisotopic (exact) mass is 453 g/mol. The van der Waals surface area contributed by atoms with Gasteiger partial charge in [0.2, 0.25) is 0 Å². The van der Waals surface area contributed by atoms with E-state index in [-0.39, 0.29) is 23.1 Å². The van der Waals surface area contributed by atoms with Gasteiger partial charge in [-0.15, -0.1) is 0 Å². The Morgan fingerprint density at radius 1 is 1.42 bits per heavy atom. The molecule has 2 heterocycles. The van der Waals surface area contributed by atoms with Gasteiger partial charge in [0.1, 0.15) is 5.15 Å². The van der Waals surface area contributed by atoms with Crippen LogP contribution in [0.15, 0.2) is 29.8 Å². The number of esters is 1. The Morgan fingerprint density at radius 3 is 2.74 bits per heavy atom. The molecule has 2 rings (SSSR count). The van der Waals surface area contributed by atoms with Crippen LogP contribution < -0.4 is 0 Å². The van der Waals surface area contributed by atoms with E-state index in [0.29, 0.717) is 62.6 Å². The molecule has 1 aromatic heterocycles. The molecule has 0 bridgehead atoms. The first kappa shape index (κ1) is 24.9. The van der Waals surface area contributed by atoms with Gasteiger partial charge in [-0.05, 0) is 30.9 Å². The van der Waals surface area contributed by atoms with Crippen molar-refractivity contribution < 1.29 is 14.5 Å². The molecule has 31 heavy (non-hydrogen) atoms. The summed E-state index contributed by atoms with van der Waals surface area (Å²) in [4.78, 5) is 33.3. The topological polar surface area (TPSA) is 92.0 Å². The fourth-order valence-corrected chi connectivity index (χ4v) is 3.58. The number of pyridine rings is 1. The predicted octanol–water partition coefficient (Wildman–Crippen LogP) is 3.19. The lowest BCUT2D eigenvalue weighted by atomic mass is 10.2. The van der Waals surface area contributed by atoms with Gasteiger partial charge >= 0.3 is 5.97 Å². The number of ether oxygens (including phenoxy) is 1. The van der Waals surface area contributed by atoms with Crippen molar-refractivity contribution in [3.8, 4) is 0 Å². The Morgan fingerprint density at radius 2 is 2.16 bits per heavy atom. The number of aromatic nitrogens is 1. The second kappa shape index (κ2) is 11.9. The van der Waals surface area contributed by atoms with E-state index in [2.05, 4.69) is 4.98 Å². The lowest BCUT2D eigenvalue weighted by molar-refractivity contribution is -0.433. The molecule has 0 saturated heterocycles. The number of halogens is 1. The largest absolute Gasteiger partial charge is 0.465 e. The normalized spacial score (nSPS) is 14.8. The highest BCUT2D eigenvalue weighted by Crippen LogP contribution is 2.24. The summed E-state index contributed by atoms with van der Waals surface area (Å²) in [7, 11) is 1.85. The van der Waals surface area contributed by atoms with Crippen LogP contribution in [-0.2, 0) is 16.1 Å². The number of rotatable bonds is 11. The van der Waals surface area contributed by atoms with Crippen molar-refractivity contribution in [1.82, 2.24) is 19.7 Å². The summed E-state index contributed by atoms with van der Waals surface area (Å²) in [5.41, 5.74) is 1.08. The summed E-state index contributed by atoms with van der Waals surface area (Å²) < 4.78 is 5.19. The smallest absolute Gasteiger partial charge is 0.305 e. The highest BCUT2D eigenvalue weighted by molar-refractivity contribution is 6.29. The summed E-state index contributed by atoms with van der Waals surface area (Å²) in [6.07, 6.45) is 2.59. The van der Waals surface area contributed by atoms with Gasteiger partial charge in [0.25, 0.3) is 5.70 Å². The third kappa shape index (κ3) is 7.66. The fourth-order valence-electron chi connectivity index (χ4n) is 3.47. The zero-order valence-corrected chi connectivity index (χ0v) is 19.5. The highest BCUT2D eigenvalue weighted by Gasteiger charge is 2.33. The number of nitrogens with zero attached hydrogens (tertiary/aromatic N) is 5. The minimum absolute atomic E-state index is 0.153. The number of carbonyl (C=O) groups excluding carboxylic acids is 1. The van der Waals surface area contributed by atoms with Crippen LogP contribution in [0.2, 0.25) is 5.15 Å². The van der Waals surface area contributed by atoms with Gasteiger partial charge in [-0.2, -0.15) is 0 Å². The first-order chi connectivity index (χ1) is 14.7. The van der Waals surface area contributed by atoms with Crippen LogP contribution in [-0.4, -0.2) is 70.5 Å². The van der Waals surface area contributed by atoms with Crippen LogP contribution in [0.1, 0.15) is 39.2 Å².